The number of halogens is 11. The molecule has 1 saturated carbocycles. The topological polar surface area (TPSA) is 38.3 Å². The summed E-state index contributed by atoms with van der Waals surface area (Å²) in [5, 5.41) is 2.42. The highest BCUT2D eigenvalue weighted by molar-refractivity contribution is 5.95. The van der Waals surface area contributed by atoms with Gasteiger partial charge in [-0.15, -0.1) is 0 Å². The summed E-state index contributed by atoms with van der Waals surface area (Å²) in [6, 6.07) is 9.39. The zero-order valence-corrected chi connectivity index (χ0v) is 23.4. The molecule has 244 valence electrons. The van der Waals surface area contributed by atoms with Gasteiger partial charge in [-0.3, -0.25) is 4.79 Å². The van der Waals surface area contributed by atoms with Crippen molar-refractivity contribution in [3.8, 4) is 0 Å². The Balaban J connectivity index is 1.98. The fourth-order valence-electron chi connectivity index (χ4n) is 5.77. The summed E-state index contributed by atoms with van der Waals surface area (Å²) >= 11 is 0. The molecule has 4 rings (SSSR count). The molecule has 1 N–H and O–H groups in total. The number of carbonyl (C=O) groups is 1. The Bertz CT molecular complexity index is 1470. The minimum atomic E-state index is -5.30. The Labute approximate surface area is 250 Å². The standard InChI is InChI=1S/C31H26F11NO2/c1-45-26-15-19(7-8-25(26)33)28(16-17-5-3-2-4-6-17,20-11-23(31(40,41)42)14-24(32)13-20)43-27(44)18-9-21(29(34,35)36)12-22(10-18)30(37,38)39/h2-6,9-14,19,25-26H,7-8,15-16H2,1H3,(H,43,44)/t19?,25?,26?,28-/m1/s1. The van der Waals surface area contributed by atoms with Crippen LogP contribution in [0, 0.1) is 11.7 Å². The first-order chi connectivity index (χ1) is 20.8. The quantitative estimate of drug-likeness (QED) is 0.259. The van der Waals surface area contributed by atoms with Crippen molar-refractivity contribution in [2.24, 2.45) is 5.92 Å². The summed E-state index contributed by atoms with van der Waals surface area (Å²) in [6.45, 7) is 0. The number of hydrogen-bond donors (Lipinski definition) is 1. The van der Waals surface area contributed by atoms with Crippen molar-refractivity contribution >= 4 is 5.91 Å². The van der Waals surface area contributed by atoms with E-state index in [4.69, 9.17) is 4.74 Å². The summed E-state index contributed by atoms with van der Waals surface area (Å²) < 4.78 is 158. The average molecular weight is 654 g/mol. The lowest BCUT2D eigenvalue weighted by atomic mass is 9.66. The number of benzene rings is 3. The molecule has 3 aromatic carbocycles. The van der Waals surface area contributed by atoms with E-state index >= 15 is 0 Å². The molecule has 4 atom stereocenters. The van der Waals surface area contributed by atoms with E-state index in [2.05, 4.69) is 5.32 Å². The molecule has 3 nitrogen and oxygen atoms in total. The van der Waals surface area contributed by atoms with Gasteiger partial charge in [0.1, 0.15) is 12.0 Å². The number of alkyl halides is 10. The van der Waals surface area contributed by atoms with Gasteiger partial charge < -0.3 is 10.1 Å². The highest BCUT2D eigenvalue weighted by atomic mass is 19.4. The van der Waals surface area contributed by atoms with Crippen molar-refractivity contribution < 1.29 is 57.8 Å². The monoisotopic (exact) mass is 653 g/mol. The molecule has 45 heavy (non-hydrogen) atoms. The van der Waals surface area contributed by atoms with E-state index in [1.807, 2.05) is 0 Å². The fraction of sp³-hybridized carbons (Fsp3) is 0.387. The maximum atomic E-state index is 14.9. The van der Waals surface area contributed by atoms with Crippen molar-refractivity contribution in [2.75, 3.05) is 7.11 Å². The zero-order chi connectivity index (χ0) is 33.4. The van der Waals surface area contributed by atoms with Crippen molar-refractivity contribution in [2.45, 2.75) is 62.0 Å². The third kappa shape index (κ3) is 7.77. The molecule has 3 unspecified atom stereocenters. The van der Waals surface area contributed by atoms with Gasteiger partial charge in [0.2, 0.25) is 0 Å². The van der Waals surface area contributed by atoms with E-state index in [-0.39, 0.29) is 49.9 Å². The Morgan fingerprint density at radius 3 is 1.82 bits per heavy atom. The van der Waals surface area contributed by atoms with Gasteiger partial charge in [-0.25, -0.2) is 8.78 Å². The fourth-order valence-corrected chi connectivity index (χ4v) is 5.77. The SMILES string of the molecule is COC1CC([C@@](Cc2ccccc2)(NC(=O)c2cc(C(F)(F)F)cc(C(F)(F)F)c2)c2cc(F)cc(C(F)(F)F)c2)CCC1F. The number of nitrogens with one attached hydrogen (secondary N) is 1. The number of rotatable bonds is 7. The van der Waals surface area contributed by atoms with Crippen LogP contribution in [-0.2, 0) is 35.2 Å². The molecule has 1 aliphatic carbocycles. The normalized spacial score (nSPS) is 20.8. The third-order valence-corrected chi connectivity index (χ3v) is 7.96. The van der Waals surface area contributed by atoms with Crippen LogP contribution in [0.3, 0.4) is 0 Å². The molecule has 14 heteroatoms. The van der Waals surface area contributed by atoms with Gasteiger partial charge in [0, 0.05) is 19.1 Å². The second-order valence-electron chi connectivity index (χ2n) is 10.9. The third-order valence-electron chi connectivity index (χ3n) is 7.96. The molecule has 0 aliphatic heterocycles. The van der Waals surface area contributed by atoms with E-state index in [9.17, 15) is 53.1 Å². The number of ether oxygens (including phenoxy) is 1. The lowest BCUT2D eigenvalue weighted by molar-refractivity contribution is -0.143. The second-order valence-corrected chi connectivity index (χ2v) is 10.9. The first kappa shape index (κ1) is 34.2. The molecule has 0 aromatic heterocycles. The summed E-state index contributed by atoms with van der Waals surface area (Å²) in [4.78, 5) is 13.7. The van der Waals surface area contributed by atoms with Crippen LogP contribution in [0.25, 0.3) is 0 Å². The summed E-state index contributed by atoms with van der Waals surface area (Å²) in [5.74, 6) is -3.89. The van der Waals surface area contributed by atoms with Crippen molar-refractivity contribution in [1.82, 2.24) is 5.32 Å². The van der Waals surface area contributed by atoms with Crippen LogP contribution >= 0.6 is 0 Å². The smallest absolute Gasteiger partial charge is 0.378 e. The molecule has 0 bridgehead atoms. The van der Waals surface area contributed by atoms with E-state index in [1.54, 1.807) is 18.2 Å². The Morgan fingerprint density at radius 1 is 0.778 bits per heavy atom. The van der Waals surface area contributed by atoms with Crippen LogP contribution in [0.5, 0.6) is 0 Å². The van der Waals surface area contributed by atoms with Gasteiger partial charge in [-0.1, -0.05) is 30.3 Å². The summed E-state index contributed by atoms with van der Waals surface area (Å²) in [7, 11) is 1.18. The van der Waals surface area contributed by atoms with Gasteiger partial charge in [-0.05, 0) is 72.7 Å². The predicted octanol–water partition coefficient (Wildman–Crippen LogP) is 8.90. The van der Waals surface area contributed by atoms with Crippen LogP contribution < -0.4 is 5.32 Å². The van der Waals surface area contributed by atoms with Crippen LogP contribution in [0.1, 0.15) is 57.4 Å². The van der Waals surface area contributed by atoms with E-state index < -0.39 is 81.8 Å². The minimum absolute atomic E-state index is 0.109. The lowest BCUT2D eigenvalue weighted by Gasteiger charge is -2.46. The molecular weight excluding hydrogens is 627 g/mol. The number of amides is 1. The number of hydrogen-bond acceptors (Lipinski definition) is 2. The zero-order valence-electron chi connectivity index (χ0n) is 23.4. The lowest BCUT2D eigenvalue weighted by Crippen LogP contribution is -2.55. The molecule has 1 aliphatic rings. The molecule has 1 amide bonds. The van der Waals surface area contributed by atoms with E-state index in [0.29, 0.717) is 17.7 Å². The predicted molar refractivity (Wildman–Crippen MR) is 140 cm³/mol. The molecule has 3 aromatic rings. The van der Waals surface area contributed by atoms with E-state index in [0.717, 1.165) is 0 Å². The average Bonchev–Trinajstić information content (AvgIpc) is 2.95. The Kier molecular flexibility index (Phi) is 9.58. The maximum Gasteiger partial charge on any atom is 0.416 e. The molecule has 0 heterocycles. The summed E-state index contributed by atoms with van der Waals surface area (Å²) in [6.07, 6.45) is -19.3. The van der Waals surface area contributed by atoms with Crippen molar-refractivity contribution in [3.63, 3.8) is 0 Å². The maximum absolute atomic E-state index is 14.9. The van der Waals surface area contributed by atoms with Crippen molar-refractivity contribution in [3.05, 3.63) is 106 Å². The second kappa shape index (κ2) is 12.6. The molecule has 0 spiro atoms. The van der Waals surface area contributed by atoms with Gasteiger partial charge in [-0.2, -0.15) is 39.5 Å². The van der Waals surface area contributed by atoms with Crippen LogP contribution in [-0.4, -0.2) is 25.3 Å². The first-order valence-electron chi connectivity index (χ1n) is 13.5. The molecule has 0 saturated heterocycles. The van der Waals surface area contributed by atoms with Gasteiger partial charge in [0.25, 0.3) is 5.91 Å². The van der Waals surface area contributed by atoms with Gasteiger partial charge in [0.15, 0.2) is 0 Å². The van der Waals surface area contributed by atoms with Crippen LogP contribution in [0.4, 0.5) is 48.3 Å². The minimum Gasteiger partial charge on any atom is -0.378 e. The Hall–Kier alpha value is -3.68. The highest BCUT2D eigenvalue weighted by Gasteiger charge is 2.48. The number of carbonyl (C=O) groups excluding carboxylic acids is 1. The first-order valence-corrected chi connectivity index (χ1v) is 13.5. The molecular formula is C31H26F11NO2. The van der Waals surface area contributed by atoms with Crippen molar-refractivity contribution in [1.29, 1.82) is 0 Å². The van der Waals surface area contributed by atoms with Gasteiger partial charge in [0.05, 0.1) is 28.3 Å². The largest absolute Gasteiger partial charge is 0.416 e. The Morgan fingerprint density at radius 2 is 1.29 bits per heavy atom. The molecule has 0 radical (unpaired) electrons. The molecule has 1 fully saturated rings. The van der Waals surface area contributed by atoms with Crippen LogP contribution in [0.2, 0.25) is 0 Å². The highest BCUT2D eigenvalue weighted by Crippen LogP contribution is 2.45. The van der Waals surface area contributed by atoms with E-state index in [1.165, 1.54) is 19.2 Å². The van der Waals surface area contributed by atoms with Gasteiger partial charge >= 0.3 is 18.5 Å². The summed E-state index contributed by atoms with van der Waals surface area (Å²) in [5.41, 5.74) is -8.32. The number of methoxy groups -OCH3 is 1. The van der Waals surface area contributed by atoms with Crippen LogP contribution in [0.15, 0.2) is 66.7 Å².